The third kappa shape index (κ3) is 4.33. The lowest BCUT2D eigenvalue weighted by atomic mass is 9.61. The van der Waals surface area contributed by atoms with Gasteiger partial charge in [0.25, 0.3) is 0 Å². The molecule has 3 aliphatic rings. The number of hydrogen-bond acceptors (Lipinski definition) is 2. The fourth-order valence-electron chi connectivity index (χ4n) is 6.49. The number of benzene rings is 1. The molecule has 3 fully saturated rings. The van der Waals surface area contributed by atoms with E-state index in [4.69, 9.17) is 0 Å². The van der Waals surface area contributed by atoms with Crippen LogP contribution in [0.3, 0.4) is 0 Å². The largest absolute Gasteiger partial charge is 0.416 e. The molecule has 4 rings (SSSR count). The van der Waals surface area contributed by atoms with Gasteiger partial charge in [-0.3, -0.25) is 4.79 Å². The second kappa shape index (κ2) is 8.94. The van der Waals surface area contributed by atoms with Crippen LogP contribution in [0.15, 0.2) is 24.3 Å². The molecule has 2 saturated heterocycles. The Bertz CT molecular complexity index is 842. The highest BCUT2D eigenvalue weighted by molar-refractivity contribution is 5.89. The molecule has 5 nitrogen and oxygen atoms in total. The van der Waals surface area contributed by atoms with Crippen LogP contribution in [0, 0.1) is 11.8 Å². The van der Waals surface area contributed by atoms with Gasteiger partial charge >= 0.3 is 12.2 Å². The van der Waals surface area contributed by atoms with Crippen molar-refractivity contribution in [3.63, 3.8) is 0 Å². The SMILES string of the molecule is CCC[C@H]1[C@@H](NC(=O)Nc2ccc(C(F)(F)F)cc2)CC[C@@]23CCCN2C(=O)CCC[C@@H]13. The summed E-state index contributed by atoms with van der Waals surface area (Å²) in [5, 5.41) is 5.80. The first-order valence-electron chi connectivity index (χ1n) is 11.8. The molecule has 8 heteroatoms. The van der Waals surface area contributed by atoms with Crippen molar-refractivity contribution in [1.82, 2.24) is 10.2 Å². The highest BCUT2D eigenvalue weighted by atomic mass is 19.4. The Hall–Kier alpha value is -2.25. The van der Waals surface area contributed by atoms with Gasteiger partial charge in [-0.25, -0.2) is 4.79 Å². The van der Waals surface area contributed by atoms with E-state index in [2.05, 4.69) is 22.5 Å². The number of alkyl halides is 3. The Morgan fingerprint density at radius 1 is 1.16 bits per heavy atom. The van der Waals surface area contributed by atoms with Crippen LogP contribution in [0.1, 0.15) is 70.3 Å². The number of anilines is 1. The number of nitrogens with zero attached hydrogens (tertiary/aromatic N) is 1. The molecular weight excluding hydrogens is 419 g/mol. The number of nitrogens with one attached hydrogen (secondary N) is 2. The number of rotatable bonds is 4. The van der Waals surface area contributed by atoms with Gasteiger partial charge in [0.2, 0.25) is 5.91 Å². The molecule has 4 atom stereocenters. The highest BCUT2D eigenvalue weighted by Gasteiger charge is 2.55. The zero-order valence-electron chi connectivity index (χ0n) is 18.5. The van der Waals surface area contributed by atoms with E-state index in [1.165, 1.54) is 12.1 Å². The summed E-state index contributed by atoms with van der Waals surface area (Å²) in [4.78, 5) is 27.6. The van der Waals surface area contributed by atoms with Crippen LogP contribution < -0.4 is 10.6 Å². The minimum atomic E-state index is -4.40. The molecule has 1 aromatic rings. The Balaban J connectivity index is 1.47. The fraction of sp³-hybridized carbons (Fsp3) is 0.667. The minimum absolute atomic E-state index is 0.00400. The van der Waals surface area contributed by atoms with Crippen LogP contribution in [0.5, 0.6) is 0 Å². The van der Waals surface area contributed by atoms with E-state index in [-0.39, 0.29) is 23.5 Å². The highest BCUT2D eigenvalue weighted by Crippen LogP contribution is 2.52. The molecular formula is C24H32F3N3O2. The van der Waals surface area contributed by atoms with E-state index in [1.807, 2.05) is 0 Å². The molecule has 1 saturated carbocycles. The summed E-state index contributed by atoms with van der Waals surface area (Å²) in [6.45, 7) is 3.00. The van der Waals surface area contributed by atoms with Crippen molar-refractivity contribution in [2.24, 2.45) is 11.8 Å². The van der Waals surface area contributed by atoms with Crippen LogP contribution in [0.2, 0.25) is 0 Å². The summed E-state index contributed by atoms with van der Waals surface area (Å²) in [6, 6.07) is 4.09. The Morgan fingerprint density at radius 3 is 2.59 bits per heavy atom. The summed E-state index contributed by atoms with van der Waals surface area (Å²) >= 11 is 0. The van der Waals surface area contributed by atoms with Crippen LogP contribution in [-0.4, -0.2) is 35.0 Å². The van der Waals surface area contributed by atoms with Crippen LogP contribution in [-0.2, 0) is 11.0 Å². The second-order valence-corrected chi connectivity index (χ2v) is 9.52. The third-order valence-corrected chi connectivity index (χ3v) is 7.76. The fourth-order valence-corrected chi connectivity index (χ4v) is 6.49. The lowest BCUT2D eigenvalue weighted by Gasteiger charge is -2.53. The summed E-state index contributed by atoms with van der Waals surface area (Å²) in [5.74, 6) is 0.951. The van der Waals surface area contributed by atoms with Crippen molar-refractivity contribution in [2.75, 3.05) is 11.9 Å². The molecule has 2 aliphatic heterocycles. The Morgan fingerprint density at radius 2 is 1.91 bits per heavy atom. The predicted octanol–water partition coefficient (Wildman–Crippen LogP) is 5.57. The lowest BCUT2D eigenvalue weighted by Crippen LogP contribution is -2.60. The third-order valence-electron chi connectivity index (χ3n) is 7.76. The van der Waals surface area contributed by atoms with E-state index >= 15 is 0 Å². The van der Waals surface area contributed by atoms with E-state index in [0.717, 1.165) is 70.0 Å². The number of halogens is 3. The van der Waals surface area contributed by atoms with Crippen molar-refractivity contribution < 1.29 is 22.8 Å². The summed E-state index contributed by atoms with van der Waals surface area (Å²) < 4.78 is 38.3. The summed E-state index contributed by atoms with van der Waals surface area (Å²) in [5.41, 5.74) is -0.472. The molecule has 2 heterocycles. The Labute approximate surface area is 187 Å². The number of amides is 3. The molecule has 0 radical (unpaired) electrons. The first-order valence-corrected chi connectivity index (χ1v) is 11.8. The van der Waals surface area contributed by atoms with Gasteiger partial charge in [-0.15, -0.1) is 0 Å². The van der Waals surface area contributed by atoms with Crippen LogP contribution >= 0.6 is 0 Å². The normalized spacial score (nSPS) is 30.3. The topological polar surface area (TPSA) is 61.4 Å². The maximum absolute atomic E-state index is 12.8. The predicted molar refractivity (Wildman–Crippen MR) is 116 cm³/mol. The molecule has 2 N–H and O–H groups in total. The van der Waals surface area contributed by atoms with Crippen molar-refractivity contribution >= 4 is 17.6 Å². The zero-order valence-corrected chi connectivity index (χ0v) is 18.5. The molecule has 0 aromatic heterocycles. The number of carbonyl (C=O) groups is 2. The zero-order chi connectivity index (χ0) is 22.9. The number of carbonyl (C=O) groups excluding carboxylic acids is 2. The smallest absolute Gasteiger partial charge is 0.337 e. The first kappa shape index (κ1) is 22.9. The second-order valence-electron chi connectivity index (χ2n) is 9.52. The van der Waals surface area contributed by atoms with Crippen LogP contribution in [0.4, 0.5) is 23.7 Å². The average molecular weight is 452 g/mol. The minimum Gasteiger partial charge on any atom is -0.337 e. The van der Waals surface area contributed by atoms with Gasteiger partial charge < -0.3 is 15.5 Å². The number of hydrogen-bond donors (Lipinski definition) is 2. The monoisotopic (exact) mass is 451 g/mol. The van der Waals surface area contributed by atoms with Crippen molar-refractivity contribution in [1.29, 1.82) is 0 Å². The lowest BCUT2D eigenvalue weighted by molar-refractivity contribution is -0.139. The molecule has 32 heavy (non-hydrogen) atoms. The van der Waals surface area contributed by atoms with Gasteiger partial charge in [0, 0.05) is 30.2 Å². The first-order chi connectivity index (χ1) is 15.2. The molecule has 3 amide bonds. The van der Waals surface area contributed by atoms with E-state index in [9.17, 15) is 22.8 Å². The van der Waals surface area contributed by atoms with Crippen molar-refractivity contribution in [2.45, 2.75) is 82.5 Å². The maximum atomic E-state index is 12.8. The van der Waals surface area contributed by atoms with Gasteiger partial charge in [0.15, 0.2) is 0 Å². The van der Waals surface area contributed by atoms with E-state index in [1.54, 1.807) is 0 Å². The van der Waals surface area contributed by atoms with E-state index < -0.39 is 11.7 Å². The molecule has 0 unspecified atom stereocenters. The number of urea groups is 1. The van der Waals surface area contributed by atoms with Gasteiger partial charge in [0.1, 0.15) is 0 Å². The van der Waals surface area contributed by atoms with Crippen molar-refractivity contribution in [3.05, 3.63) is 29.8 Å². The van der Waals surface area contributed by atoms with E-state index in [0.29, 0.717) is 23.9 Å². The quantitative estimate of drug-likeness (QED) is 0.629. The van der Waals surface area contributed by atoms with Crippen molar-refractivity contribution in [3.8, 4) is 0 Å². The standard InChI is InChI=1S/C24H32F3N3O2/c1-2-5-18-19-6-3-7-21(31)30-15-4-13-23(19,30)14-12-20(18)29-22(32)28-17-10-8-16(9-11-17)24(25,26)27/h8-11,18-20H,2-7,12-15H2,1H3,(H2,28,29,32)/t18-,19+,20+,23-/m1/s1. The van der Waals surface area contributed by atoms with Gasteiger partial charge in [0.05, 0.1) is 5.56 Å². The molecule has 0 bridgehead atoms. The van der Waals surface area contributed by atoms with Gasteiger partial charge in [-0.05, 0) is 81.0 Å². The Kier molecular flexibility index (Phi) is 6.41. The maximum Gasteiger partial charge on any atom is 0.416 e. The molecule has 1 spiro atoms. The summed E-state index contributed by atoms with van der Waals surface area (Å²) in [6.07, 6.45) is 3.91. The summed E-state index contributed by atoms with van der Waals surface area (Å²) in [7, 11) is 0. The molecule has 1 aliphatic carbocycles. The van der Waals surface area contributed by atoms with Crippen LogP contribution in [0.25, 0.3) is 0 Å². The average Bonchev–Trinajstić information content (AvgIpc) is 3.10. The van der Waals surface area contributed by atoms with Gasteiger partial charge in [-0.2, -0.15) is 13.2 Å². The molecule has 176 valence electrons. The molecule has 1 aromatic carbocycles. The van der Waals surface area contributed by atoms with Gasteiger partial charge in [-0.1, -0.05) is 13.3 Å².